The molecular formula is C11H25N3O. The molecule has 4 heteroatoms. The molecule has 1 atom stereocenters. The SMILES string of the molecule is CCN(CC(C)C)CC(C)(NC)C(N)=O. The summed E-state index contributed by atoms with van der Waals surface area (Å²) in [5, 5.41) is 3.00. The van der Waals surface area contributed by atoms with Crippen LogP contribution in [0.15, 0.2) is 0 Å². The van der Waals surface area contributed by atoms with E-state index in [1.807, 2.05) is 6.92 Å². The zero-order valence-corrected chi connectivity index (χ0v) is 10.6. The summed E-state index contributed by atoms with van der Waals surface area (Å²) in [4.78, 5) is 13.6. The van der Waals surface area contributed by atoms with Gasteiger partial charge in [0.2, 0.25) is 5.91 Å². The lowest BCUT2D eigenvalue weighted by Crippen LogP contribution is -2.58. The number of amides is 1. The molecule has 0 fully saturated rings. The fourth-order valence-corrected chi connectivity index (χ4v) is 1.55. The van der Waals surface area contributed by atoms with Gasteiger partial charge < -0.3 is 16.0 Å². The van der Waals surface area contributed by atoms with Crippen molar-refractivity contribution in [2.75, 3.05) is 26.7 Å². The second-order valence-electron chi connectivity index (χ2n) is 4.67. The third-order valence-corrected chi connectivity index (χ3v) is 2.71. The number of likely N-dealkylation sites (N-methyl/N-ethyl adjacent to an activating group) is 2. The molecular weight excluding hydrogens is 190 g/mol. The fraction of sp³-hybridized carbons (Fsp3) is 0.909. The van der Waals surface area contributed by atoms with Crippen LogP contribution < -0.4 is 11.1 Å². The van der Waals surface area contributed by atoms with Crippen LogP contribution in [0.1, 0.15) is 27.7 Å². The van der Waals surface area contributed by atoms with E-state index in [1.165, 1.54) is 0 Å². The summed E-state index contributed by atoms with van der Waals surface area (Å²) < 4.78 is 0. The Hall–Kier alpha value is -0.610. The van der Waals surface area contributed by atoms with Gasteiger partial charge in [-0.15, -0.1) is 0 Å². The average Bonchev–Trinajstić information content (AvgIpc) is 2.15. The van der Waals surface area contributed by atoms with Gasteiger partial charge in [0.15, 0.2) is 0 Å². The number of hydrogen-bond donors (Lipinski definition) is 2. The summed E-state index contributed by atoms with van der Waals surface area (Å²) in [5.41, 5.74) is 4.75. The summed E-state index contributed by atoms with van der Waals surface area (Å²) >= 11 is 0. The van der Waals surface area contributed by atoms with Crippen LogP contribution in [-0.4, -0.2) is 43.0 Å². The fourth-order valence-electron chi connectivity index (χ4n) is 1.55. The van der Waals surface area contributed by atoms with Gasteiger partial charge in [-0.25, -0.2) is 0 Å². The molecule has 15 heavy (non-hydrogen) atoms. The molecule has 0 aliphatic rings. The maximum absolute atomic E-state index is 11.3. The Kier molecular flexibility index (Phi) is 5.83. The van der Waals surface area contributed by atoms with E-state index in [9.17, 15) is 4.79 Å². The highest BCUT2D eigenvalue weighted by Crippen LogP contribution is 2.07. The van der Waals surface area contributed by atoms with Gasteiger partial charge in [0, 0.05) is 13.1 Å². The summed E-state index contributed by atoms with van der Waals surface area (Å²) in [7, 11) is 1.77. The highest BCUT2D eigenvalue weighted by Gasteiger charge is 2.30. The number of nitrogens with zero attached hydrogens (tertiary/aromatic N) is 1. The predicted molar refractivity (Wildman–Crippen MR) is 63.6 cm³/mol. The molecule has 4 nitrogen and oxygen atoms in total. The van der Waals surface area contributed by atoms with E-state index in [-0.39, 0.29) is 5.91 Å². The number of carbonyl (C=O) groups is 1. The minimum absolute atomic E-state index is 0.299. The van der Waals surface area contributed by atoms with Crippen molar-refractivity contribution in [1.82, 2.24) is 10.2 Å². The highest BCUT2D eigenvalue weighted by atomic mass is 16.1. The van der Waals surface area contributed by atoms with Crippen LogP contribution in [0.4, 0.5) is 0 Å². The van der Waals surface area contributed by atoms with E-state index in [4.69, 9.17) is 5.73 Å². The summed E-state index contributed by atoms with van der Waals surface area (Å²) in [6.07, 6.45) is 0. The monoisotopic (exact) mass is 215 g/mol. The Morgan fingerprint density at radius 3 is 2.33 bits per heavy atom. The van der Waals surface area contributed by atoms with Crippen molar-refractivity contribution in [1.29, 1.82) is 0 Å². The molecule has 0 saturated heterocycles. The predicted octanol–water partition coefficient (Wildman–Crippen LogP) is 0.428. The second-order valence-corrected chi connectivity index (χ2v) is 4.67. The van der Waals surface area contributed by atoms with Gasteiger partial charge in [0.1, 0.15) is 5.54 Å². The normalized spacial score (nSPS) is 15.7. The molecule has 1 amide bonds. The smallest absolute Gasteiger partial charge is 0.238 e. The first-order valence-corrected chi connectivity index (χ1v) is 5.57. The Labute approximate surface area is 93.2 Å². The van der Waals surface area contributed by atoms with E-state index in [0.29, 0.717) is 12.5 Å². The van der Waals surface area contributed by atoms with Crippen molar-refractivity contribution in [2.24, 2.45) is 11.7 Å². The minimum atomic E-state index is -0.634. The van der Waals surface area contributed by atoms with Crippen molar-refractivity contribution in [3.63, 3.8) is 0 Å². The van der Waals surface area contributed by atoms with Crippen molar-refractivity contribution in [2.45, 2.75) is 33.2 Å². The molecule has 0 aromatic rings. The number of hydrogen-bond acceptors (Lipinski definition) is 3. The molecule has 0 aromatic heterocycles. The van der Waals surface area contributed by atoms with Crippen LogP contribution in [-0.2, 0) is 4.79 Å². The third kappa shape index (κ3) is 4.62. The van der Waals surface area contributed by atoms with Gasteiger partial charge in [-0.2, -0.15) is 0 Å². The molecule has 0 heterocycles. The van der Waals surface area contributed by atoms with Crippen LogP contribution in [0.5, 0.6) is 0 Å². The Balaban J connectivity index is 4.43. The first-order chi connectivity index (χ1) is 6.85. The molecule has 0 rings (SSSR count). The van der Waals surface area contributed by atoms with Gasteiger partial charge in [-0.3, -0.25) is 4.79 Å². The minimum Gasteiger partial charge on any atom is -0.368 e. The molecule has 0 aromatic carbocycles. The van der Waals surface area contributed by atoms with E-state index in [1.54, 1.807) is 7.05 Å². The van der Waals surface area contributed by atoms with Crippen LogP contribution in [0.3, 0.4) is 0 Å². The van der Waals surface area contributed by atoms with Crippen LogP contribution in [0.25, 0.3) is 0 Å². The molecule has 0 spiro atoms. The Bertz CT molecular complexity index is 206. The quantitative estimate of drug-likeness (QED) is 0.647. The van der Waals surface area contributed by atoms with Gasteiger partial charge in [-0.05, 0) is 26.4 Å². The Morgan fingerprint density at radius 1 is 1.53 bits per heavy atom. The summed E-state index contributed by atoms with van der Waals surface area (Å²) in [6, 6.07) is 0. The first kappa shape index (κ1) is 14.4. The van der Waals surface area contributed by atoms with Crippen molar-refractivity contribution in [3.8, 4) is 0 Å². The number of nitrogens with one attached hydrogen (secondary N) is 1. The third-order valence-electron chi connectivity index (χ3n) is 2.71. The van der Waals surface area contributed by atoms with E-state index in [2.05, 4.69) is 31.0 Å². The van der Waals surface area contributed by atoms with Gasteiger partial charge in [0.05, 0.1) is 0 Å². The lowest BCUT2D eigenvalue weighted by molar-refractivity contribution is -0.124. The molecule has 0 saturated carbocycles. The second kappa shape index (κ2) is 6.08. The largest absolute Gasteiger partial charge is 0.368 e. The van der Waals surface area contributed by atoms with Crippen molar-refractivity contribution in [3.05, 3.63) is 0 Å². The van der Waals surface area contributed by atoms with Crippen molar-refractivity contribution < 1.29 is 4.79 Å². The number of rotatable bonds is 7. The molecule has 0 aliphatic carbocycles. The lowest BCUT2D eigenvalue weighted by atomic mass is 10.0. The first-order valence-electron chi connectivity index (χ1n) is 5.57. The maximum Gasteiger partial charge on any atom is 0.238 e. The zero-order chi connectivity index (χ0) is 12.1. The molecule has 0 aliphatic heterocycles. The molecule has 1 unspecified atom stereocenters. The van der Waals surface area contributed by atoms with Crippen molar-refractivity contribution >= 4 is 5.91 Å². The molecule has 0 bridgehead atoms. The number of carbonyl (C=O) groups excluding carboxylic acids is 1. The van der Waals surface area contributed by atoms with Gasteiger partial charge in [-0.1, -0.05) is 20.8 Å². The van der Waals surface area contributed by atoms with E-state index < -0.39 is 5.54 Å². The topological polar surface area (TPSA) is 58.4 Å². The van der Waals surface area contributed by atoms with E-state index >= 15 is 0 Å². The number of nitrogens with two attached hydrogens (primary N) is 1. The lowest BCUT2D eigenvalue weighted by Gasteiger charge is -2.33. The summed E-state index contributed by atoms with van der Waals surface area (Å²) in [5.74, 6) is 0.297. The molecule has 0 radical (unpaired) electrons. The van der Waals surface area contributed by atoms with Crippen LogP contribution >= 0.6 is 0 Å². The Morgan fingerprint density at radius 2 is 2.07 bits per heavy atom. The standard InChI is InChI=1S/C11H25N3O/c1-6-14(7-9(2)3)8-11(4,13-5)10(12)15/h9,13H,6-8H2,1-5H3,(H2,12,15). The average molecular weight is 215 g/mol. The van der Waals surface area contributed by atoms with Crippen LogP contribution in [0, 0.1) is 5.92 Å². The zero-order valence-electron chi connectivity index (χ0n) is 10.6. The summed E-state index contributed by atoms with van der Waals surface area (Å²) in [6.45, 7) is 10.9. The van der Waals surface area contributed by atoms with Gasteiger partial charge in [0.25, 0.3) is 0 Å². The highest BCUT2D eigenvalue weighted by molar-refractivity contribution is 5.84. The van der Waals surface area contributed by atoms with E-state index in [0.717, 1.165) is 13.1 Å². The molecule has 3 N–H and O–H groups in total. The maximum atomic E-state index is 11.3. The molecule has 90 valence electrons. The number of primary amides is 1. The van der Waals surface area contributed by atoms with Crippen LogP contribution in [0.2, 0.25) is 0 Å². The van der Waals surface area contributed by atoms with Gasteiger partial charge >= 0.3 is 0 Å².